The molecule has 8 heterocycles. The minimum absolute atomic E-state index is 0.209. The van der Waals surface area contributed by atoms with Gasteiger partial charge in [0.15, 0.2) is 0 Å². The standard InChI is InChI=1S/C22H17Cl2FN4.C22H16Cl2FN3.C22H18Cl2N4.C22H17Cl2N3/c1-13-10-16(29-22(24)27-13)4-2-14-11-17(5-7-19(14)25)28-20-8-9-26-21-12-15(23)3-6-18(20)21;23-15-5-8-18-20(10-11-26-21(18)13-15)27-17-7-9-19(25)14(12-17)4-6-16-2-1-3-22(24)28-16;1-14-11-18(28-22(24)26-14)7-5-15-3-2-4-17(12-15)27-20-9-10-25-21-13-16(23)6-8-19(20)21;23-16-8-10-19-20(11-12-25-21(19)14-16)26-18-5-1-3-15(13-18)7-9-17-4-2-6-22(24)27-17/h3,5-12H,2,4H2,1H3,(H,26,28);1-3,5,7-13H,4,6H2,(H,26,27);2-4,6,8-13H,5,7H2,1H3,(H,25,27);1-6,8,10-14H,7,9H2,(H,25,26). The number of anilines is 8. The molecule has 0 fully saturated rings. The normalized spacial score (nSPS) is 11.0. The summed E-state index contributed by atoms with van der Waals surface area (Å²) < 4.78 is 28.6. The number of aryl methyl sites for hydroxylation is 10. The SMILES string of the molecule is Cc1cc(CCc2cc(Nc3ccnc4cc(Cl)ccc34)ccc2F)nc(Cl)n1.Cc1cc(CCc2cccc(Nc3ccnc4cc(Cl)ccc34)c2)nc(Cl)n1.Clc1ccc2c(Nc3cccc(CCc4cccc(Cl)n4)c3)ccnc2c1.Fc1ccc(Nc2ccnc3cc(Cl)ccc23)cc1CCc1cccc(Cl)n1. The van der Waals surface area contributed by atoms with E-state index in [9.17, 15) is 8.78 Å². The molecule has 14 nitrogen and oxygen atoms in total. The monoisotopic (exact) mass is 1640 g/mol. The highest BCUT2D eigenvalue weighted by molar-refractivity contribution is 6.33. The molecular formula is C88H68Cl8F2N14. The number of pyridine rings is 6. The Hall–Kier alpha value is -10.8. The Morgan fingerprint density at radius 1 is 0.277 bits per heavy atom. The van der Waals surface area contributed by atoms with Crippen molar-refractivity contribution < 1.29 is 8.78 Å². The van der Waals surface area contributed by atoms with Crippen LogP contribution in [0.25, 0.3) is 43.6 Å². The first-order chi connectivity index (χ1) is 54.3. The zero-order valence-corrected chi connectivity index (χ0v) is 66.2. The molecule has 0 aliphatic heterocycles. The van der Waals surface area contributed by atoms with Crippen LogP contribution in [0.2, 0.25) is 41.0 Å². The lowest BCUT2D eigenvalue weighted by Gasteiger charge is -2.12. The molecule has 0 unspecified atom stereocenters. The van der Waals surface area contributed by atoms with Crippen LogP contribution in [0.15, 0.2) is 255 Å². The topological polar surface area (TPSA) is 177 Å². The van der Waals surface area contributed by atoms with Gasteiger partial charge in [-0.3, -0.25) is 19.9 Å². The first-order valence-corrected chi connectivity index (χ1v) is 38.6. The lowest BCUT2D eigenvalue weighted by atomic mass is 10.1. The molecule has 0 spiro atoms. The quantitative estimate of drug-likeness (QED) is 0.0419. The summed E-state index contributed by atoms with van der Waals surface area (Å²) in [6, 6.07) is 72.1. The fourth-order valence-corrected chi connectivity index (χ4v) is 14.0. The van der Waals surface area contributed by atoms with Gasteiger partial charge in [-0.1, -0.05) is 106 Å². The Labute approximate surface area is 686 Å². The maximum atomic E-state index is 14.4. The van der Waals surface area contributed by atoms with E-state index in [2.05, 4.69) is 120 Å². The molecule has 16 aromatic rings. The van der Waals surface area contributed by atoms with Crippen molar-refractivity contribution in [1.82, 2.24) is 49.8 Å². The van der Waals surface area contributed by atoms with Gasteiger partial charge < -0.3 is 21.3 Å². The van der Waals surface area contributed by atoms with E-state index in [1.807, 2.05) is 159 Å². The molecule has 8 aromatic heterocycles. The number of benzene rings is 8. The van der Waals surface area contributed by atoms with Crippen LogP contribution in [0.5, 0.6) is 0 Å². The fourth-order valence-electron chi connectivity index (χ4n) is 12.5. The van der Waals surface area contributed by atoms with Gasteiger partial charge >= 0.3 is 0 Å². The summed E-state index contributed by atoms with van der Waals surface area (Å²) in [6.07, 6.45) is 12.6. The molecule has 8 aromatic carbocycles. The van der Waals surface area contributed by atoms with Crippen LogP contribution in [0.1, 0.15) is 56.4 Å². The molecule has 0 bridgehead atoms. The largest absolute Gasteiger partial charge is 0.355 e. The molecule has 0 aliphatic rings. The number of hydrogen-bond acceptors (Lipinski definition) is 14. The molecule has 0 amide bonds. The summed E-state index contributed by atoms with van der Waals surface area (Å²) in [6.45, 7) is 3.78. The molecule has 112 heavy (non-hydrogen) atoms. The Balaban J connectivity index is 0.000000131. The number of halogens is 10. The average Bonchev–Trinajstić information content (AvgIpc) is 0.824. The highest BCUT2D eigenvalue weighted by Gasteiger charge is 2.14. The zero-order valence-electron chi connectivity index (χ0n) is 60.2. The van der Waals surface area contributed by atoms with Gasteiger partial charge in [0, 0.05) is 146 Å². The lowest BCUT2D eigenvalue weighted by molar-refractivity contribution is 0.608. The van der Waals surface area contributed by atoms with Crippen LogP contribution in [0.3, 0.4) is 0 Å². The second kappa shape index (κ2) is 38.0. The van der Waals surface area contributed by atoms with Gasteiger partial charge in [-0.05, 0) is 305 Å². The fraction of sp³-hybridized carbons (Fsp3) is 0.114. The Kier molecular flexibility index (Phi) is 26.9. The van der Waals surface area contributed by atoms with Crippen molar-refractivity contribution in [2.75, 3.05) is 21.3 Å². The Morgan fingerprint density at radius 3 is 0.946 bits per heavy atom. The molecule has 0 atom stereocenters. The minimum atomic E-state index is -0.251. The Bertz CT molecular complexity index is 6000. The van der Waals surface area contributed by atoms with E-state index in [0.29, 0.717) is 72.5 Å². The molecule has 0 aliphatic carbocycles. The molecule has 0 saturated heterocycles. The van der Waals surface area contributed by atoms with E-state index in [0.717, 1.165) is 149 Å². The second-order valence-electron chi connectivity index (χ2n) is 26.0. The number of nitrogens with one attached hydrogen (secondary N) is 4. The maximum absolute atomic E-state index is 14.4. The number of hydrogen-bond donors (Lipinski definition) is 4. The molecule has 24 heteroatoms. The number of rotatable bonds is 20. The number of aromatic nitrogens is 10. The number of nitrogens with zero attached hydrogens (tertiary/aromatic N) is 10. The molecule has 4 N–H and O–H groups in total. The van der Waals surface area contributed by atoms with Crippen molar-refractivity contribution in [2.45, 2.75) is 65.2 Å². The molecule has 0 radical (unpaired) electrons. The van der Waals surface area contributed by atoms with Gasteiger partial charge in [0.25, 0.3) is 0 Å². The van der Waals surface area contributed by atoms with E-state index in [-0.39, 0.29) is 16.9 Å². The summed E-state index contributed by atoms with van der Waals surface area (Å²) in [4.78, 5) is 42.8. The lowest BCUT2D eigenvalue weighted by Crippen LogP contribution is -2.01. The third kappa shape index (κ3) is 22.3. The van der Waals surface area contributed by atoms with Gasteiger partial charge in [0.1, 0.15) is 21.9 Å². The first kappa shape index (κ1) is 79.3. The maximum Gasteiger partial charge on any atom is 0.222 e. The smallest absolute Gasteiger partial charge is 0.222 e. The third-order valence-electron chi connectivity index (χ3n) is 17.8. The highest BCUT2D eigenvalue weighted by atomic mass is 35.5. The Morgan fingerprint density at radius 2 is 0.598 bits per heavy atom. The van der Waals surface area contributed by atoms with Crippen LogP contribution < -0.4 is 21.3 Å². The van der Waals surface area contributed by atoms with Crippen LogP contribution in [-0.4, -0.2) is 49.8 Å². The summed E-state index contributed by atoms with van der Waals surface area (Å²) in [5, 5.41) is 21.8. The third-order valence-corrected chi connectivity index (χ3v) is 19.5. The minimum Gasteiger partial charge on any atom is -0.355 e. The van der Waals surface area contributed by atoms with Gasteiger partial charge in [0.2, 0.25) is 10.6 Å². The van der Waals surface area contributed by atoms with Gasteiger partial charge in [-0.2, -0.15) is 0 Å². The van der Waals surface area contributed by atoms with Gasteiger partial charge in [0.05, 0.1) is 22.1 Å². The molecule has 16 rings (SSSR count). The van der Waals surface area contributed by atoms with Gasteiger partial charge in [-0.15, -0.1) is 0 Å². The van der Waals surface area contributed by atoms with E-state index >= 15 is 0 Å². The summed E-state index contributed by atoms with van der Waals surface area (Å²) >= 11 is 48.0. The highest BCUT2D eigenvalue weighted by Crippen LogP contribution is 2.34. The van der Waals surface area contributed by atoms with Crippen molar-refractivity contribution in [3.8, 4) is 0 Å². The van der Waals surface area contributed by atoms with Crippen LogP contribution in [0, 0.1) is 25.5 Å². The summed E-state index contributed by atoms with van der Waals surface area (Å²) in [5.74, 6) is -0.488. The molecule has 0 saturated carbocycles. The van der Waals surface area contributed by atoms with Crippen LogP contribution in [-0.2, 0) is 51.4 Å². The van der Waals surface area contributed by atoms with Crippen molar-refractivity contribution in [1.29, 1.82) is 0 Å². The van der Waals surface area contributed by atoms with E-state index in [4.69, 9.17) is 92.8 Å². The van der Waals surface area contributed by atoms with Gasteiger partial charge in [-0.25, -0.2) is 38.7 Å². The summed E-state index contributed by atoms with van der Waals surface area (Å²) in [5.41, 5.74) is 19.7. The van der Waals surface area contributed by atoms with Crippen molar-refractivity contribution in [2.24, 2.45) is 0 Å². The number of fused-ring (bicyclic) bond motifs is 4. The summed E-state index contributed by atoms with van der Waals surface area (Å²) in [7, 11) is 0. The van der Waals surface area contributed by atoms with E-state index < -0.39 is 0 Å². The van der Waals surface area contributed by atoms with E-state index in [1.54, 1.807) is 49.1 Å². The van der Waals surface area contributed by atoms with Crippen LogP contribution >= 0.6 is 92.8 Å². The molecular weight excluding hydrogens is 1570 g/mol. The molecule has 560 valence electrons. The first-order valence-electron chi connectivity index (χ1n) is 35.5. The average molecular weight is 1640 g/mol. The zero-order chi connectivity index (χ0) is 78.0. The van der Waals surface area contributed by atoms with Crippen molar-refractivity contribution in [3.05, 3.63) is 364 Å². The predicted molar refractivity (Wildman–Crippen MR) is 458 cm³/mol. The van der Waals surface area contributed by atoms with E-state index in [1.165, 1.54) is 23.3 Å². The van der Waals surface area contributed by atoms with Crippen molar-refractivity contribution >= 4 is 182 Å². The van der Waals surface area contributed by atoms with Crippen LogP contribution in [0.4, 0.5) is 54.3 Å². The predicted octanol–water partition coefficient (Wildman–Crippen LogP) is 25.5. The van der Waals surface area contributed by atoms with Crippen molar-refractivity contribution in [3.63, 3.8) is 0 Å². The second-order valence-corrected chi connectivity index (χ2v) is 29.2.